The first-order valence-electron chi connectivity index (χ1n) is 7.64. The minimum absolute atomic E-state index is 0.0775. The second-order valence-corrected chi connectivity index (χ2v) is 5.79. The SMILES string of the molecule is Cc1ccc(-c2cc(C(=O)N3CCCCC3C(=O)O)on2)cc1. The number of hydrogen-bond acceptors (Lipinski definition) is 4. The van der Waals surface area contributed by atoms with Gasteiger partial charge in [-0.2, -0.15) is 0 Å². The lowest BCUT2D eigenvalue weighted by Crippen LogP contribution is -2.47. The zero-order valence-corrected chi connectivity index (χ0v) is 12.9. The van der Waals surface area contributed by atoms with E-state index in [1.807, 2.05) is 31.2 Å². The molecule has 0 aliphatic carbocycles. The zero-order valence-electron chi connectivity index (χ0n) is 12.9. The normalized spacial score (nSPS) is 18.0. The Morgan fingerprint density at radius 3 is 2.70 bits per heavy atom. The van der Waals surface area contributed by atoms with Gasteiger partial charge >= 0.3 is 5.97 Å². The molecule has 0 radical (unpaired) electrons. The maximum atomic E-state index is 12.5. The van der Waals surface area contributed by atoms with Crippen molar-refractivity contribution < 1.29 is 19.2 Å². The molecule has 6 nitrogen and oxygen atoms in total. The average molecular weight is 314 g/mol. The number of carbonyl (C=O) groups is 2. The standard InChI is InChI=1S/C17H18N2O4/c1-11-5-7-12(8-6-11)13-10-15(23-18-13)16(20)19-9-3-2-4-14(19)17(21)22/h5-8,10,14H,2-4,9H2,1H3,(H,21,22). The van der Waals surface area contributed by atoms with Crippen LogP contribution in [0.4, 0.5) is 0 Å². The Hall–Kier alpha value is -2.63. The molecule has 1 aliphatic rings. The summed E-state index contributed by atoms with van der Waals surface area (Å²) >= 11 is 0. The number of likely N-dealkylation sites (tertiary alicyclic amines) is 1. The molecule has 1 unspecified atom stereocenters. The Morgan fingerprint density at radius 2 is 2.00 bits per heavy atom. The highest BCUT2D eigenvalue weighted by Gasteiger charge is 2.34. The molecule has 1 aromatic carbocycles. The minimum atomic E-state index is -0.976. The maximum Gasteiger partial charge on any atom is 0.326 e. The topological polar surface area (TPSA) is 83.6 Å². The van der Waals surface area contributed by atoms with Gasteiger partial charge in [0.15, 0.2) is 0 Å². The summed E-state index contributed by atoms with van der Waals surface area (Å²) in [6, 6.07) is 8.50. The summed E-state index contributed by atoms with van der Waals surface area (Å²) in [6.45, 7) is 2.42. The number of aliphatic carboxylic acids is 1. The average Bonchev–Trinajstić information content (AvgIpc) is 3.04. The Balaban J connectivity index is 1.83. The molecule has 2 heterocycles. The van der Waals surface area contributed by atoms with E-state index in [0.717, 1.165) is 24.0 Å². The van der Waals surface area contributed by atoms with E-state index in [0.29, 0.717) is 18.7 Å². The predicted octanol–water partition coefficient (Wildman–Crippen LogP) is 2.73. The summed E-state index contributed by atoms with van der Waals surface area (Å²) in [5.41, 5.74) is 2.55. The number of rotatable bonds is 3. The maximum absolute atomic E-state index is 12.5. The van der Waals surface area contributed by atoms with Crippen molar-refractivity contribution in [1.82, 2.24) is 10.1 Å². The van der Waals surface area contributed by atoms with Gasteiger partial charge in [-0.1, -0.05) is 35.0 Å². The van der Waals surface area contributed by atoms with Crippen LogP contribution in [0.15, 0.2) is 34.9 Å². The van der Waals surface area contributed by atoms with E-state index in [-0.39, 0.29) is 5.76 Å². The summed E-state index contributed by atoms with van der Waals surface area (Å²) in [5.74, 6) is -1.31. The second kappa shape index (κ2) is 6.24. The van der Waals surface area contributed by atoms with Gasteiger partial charge in [0.1, 0.15) is 11.7 Å². The lowest BCUT2D eigenvalue weighted by Gasteiger charge is -2.31. The van der Waals surface area contributed by atoms with Crippen LogP contribution in [0.25, 0.3) is 11.3 Å². The minimum Gasteiger partial charge on any atom is -0.480 e. The fraction of sp³-hybridized carbons (Fsp3) is 0.353. The van der Waals surface area contributed by atoms with Crippen LogP contribution < -0.4 is 0 Å². The second-order valence-electron chi connectivity index (χ2n) is 5.79. The zero-order chi connectivity index (χ0) is 16.4. The Kier molecular flexibility index (Phi) is 4.14. The van der Waals surface area contributed by atoms with Crippen molar-refractivity contribution in [2.24, 2.45) is 0 Å². The van der Waals surface area contributed by atoms with E-state index in [1.54, 1.807) is 6.07 Å². The first-order valence-corrected chi connectivity index (χ1v) is 7.64. The molecule has 0 bridgehead atoms. The van der Waals surface area contributed by atoms with Crippen LogP contribution in [0.5, 0.6) is 0 Å². The van der Waals surface area contributed by atoms with Gasteiger partial charge in [-0.15, -0.1) is 0 Å². The largest absolute Gasteiger partial charge is 0.480 e. The number of carboxylic acids is 1. The molecule has 1 N–H and O–H groups in total. The molecule has 6 heteroatoms. The number of benzene rings is 1. The van der Waals surface area contributed by atoms with Crippen molar-refractivity contribution in [1.29, 1.82) is 0 Å². The lowest BCUT2D eigenvalue weighted by molar-refractivity contribution is -0.143. The third-order valence-corrected chi connectivity index (χ3v) is 4.12. The number of aryl methyl sites for hydroxylation is 1. The molecule has 1 saturated heterocycles. The van der Waals surface area contributed by atoms with Gasteiger partial charge in [0, 0.05) is 18.2 Å². The molecule has 1 aromatic heterocycles. The Bertz CT molecular complexity index is 720. The number of carboxylic acid groups (broad SMARTS) is 1. The molecule has 1 amide bonds. The fourth-order valence-electron chi connectivity index (χ4n) is 2.81. The van der Waals surface area contributed by atoms with Crippen molar-refractivity contribution in [3.8, 4) is 11.3 Å². The molecule has 120 valence electrons. The van der Waals surface area contributed by atoms with E-state index in [2.05, 4.69) is 5.16 Å². The van der Waals surface area contributed by atoms with Crippen LogP contribution >= 0.6 is 0 Å². The summed E-state index contributed by atoms with van der Waals surface area (Å²) in [6.07, 6.45) is 2.08. The van der Waals surface area contributed by atoms with E-state index in [1.165, 1.54) is 4.90 Å². The highest BCUT2D eigenvalue weighted by molar-refractivity contribution is 5.95. The highest BCUT2D eigenvalue weighted by Crippen LogP contribution is 2.23. The summed E-state index contributed by atoms with van der Waals surface area (Å²) in [4.78, 5) is 25.2. The van der Waals surface area contributed by atoms with Gasteiger partial charge < -0.3 is 14.5 Å². The third-order valence-electron chi connectivity index (χ3n) is 4.12. The van der Waals surface area contributed by atoms with Gasteiger partial charge in [0.05, 0.1) is 0 Å². The van der Waals surface area contributed by atoms with Crippen molar-refractivity contribution in [3.63, 3.8) is 0 Å². The number of hydrogen-bond donors (Lipinski definition) is 1. The van der Waals surface area contributed by atoms with Crippen LogP contribution in [0, 0.1) is 6.92 Å². The number of piperidine rings is 1. The van der Waals surface area contributed by atoms with Crippen LogP contribution in [-0.2, 0) is 4.79 Å². The molecule has 0 spiro atoms. The van der Waals surface area contributed by atoms with E-state index < -0.39 is 17.9 Å². The predicted molar refractivity (Wildman–Crippen MR) is 83.0 cm³/mol. The van der Waals surface area contributed by atoms with Crippen molar-refractivity contribution in [3.05, 3.63) is 41.7 Å². The Morgan fingerprint density at radius 1 is 1.26 bits per heavy atom. The number of amides is 1. The molecule has 1 aliphatic heterocycles. The van der Waals surface area contributed by atoms with Gasteiger partial charge in [-0.05, 0) is 26.2 Å². The highest BCUT2D eigenvalue weighted by atomic mass is 16.5. The van der Waals surface area contributed by atoms with Crippen molar-refractivity contribution in [2.75, 3.05) is 6.54 Å². The molecule has 3 rings (SSSR count). The van der Waals surface area contributed by atoms with Crippen LogP contribution in [0.2, 0.25) is 0 Å². The van der Waals surface area contributed by atoms with Crippen molar-refractivity contribution >= 4 is 11.9 Å². The smallest absolute Gasteiger partial charge is 0.326 e. The molecular weight excluding hydrogens is 296 g/mol. The van der Waals surface area contributed by atoms with Gasteiger partial charge in [-0.3, -0.25) is 4.79 Å². The van der Waals surface area contributed by atoms with Crippen molar-refractivity contribution in [2.45, 2.75) is 32.2 Å². The third kappa shape index (κ3) is 3.11. The van der Waals surface area contributed by atoms with Gasteiger partial charge in [0.25, 0.3) is 5.91 Å². The van der Waals surface area contributed by atoms with Crippen LogP contribution in [0.3, 0.4) is 0 Å². The van der Waals surface area contributed by atoms with E-state index in [9.17, 15) is 14.7 Å². The molecule has 1 fully saturated rings. The van der Waals surface area contributed by atoms with Gasteiger partial charge in [0.2, 0.25) is 5.76 Å². The molecule has 1 atom stereocenters. The van der Waals surface area contributed by atoms with Gasteiger partial charge in [-0.25, -0.2) is 4.79 Å². The molecule has 23 heavy (non-hydrogen) atoms. The molecular formula is C17H18N2O4. The summed E-state index contributed by atoms with van der Waals surface area (Å²) in [5, 5.41) is 13.2. The first-order chi connectivity index (χ1) is 11.1. The number of nitrogens with zero attached hydrogens (tertiary/aromatic N) is 2. The Labute approximate surface area is 133 Å². The van der Waals surface area contributed by atoms with Crippen LogP contribution in [0.1, 0.15) is 35.4 Å². The van der Waals surface area contributed by atoms with E-state index in [4.69, 9.17) is 4.52 Å². The van der Waals surface area contributed by atoms with Crippen LogP contribution in [-0.4, -0.2) is 39.6 Å². The first kappa shape index (κ1) is 15.3. The lowest BCUT2D eigenvalue weighted by atomic mass is 10.0. The number of carbonyl (C=O) groups excluding carboxylic acids is 1. The fourth-order valence-corrected chi connectivity index (χ4v) is 2.81. The summed E-state index contributed by atoms with van der Waals surface area (Å²) < 4.78 is 5.16. The number of aromatic nitrogens is 1. The quantitative estimate of drug-likeness (QED) is 0.941. The monoisotopic (exact) mass is 314 g/mol. The molecule has 2 aromatic rings. The summed E-state index contributed by atoms with van der Waals surface area (Å²) in [7, 11) is 0. The van der Waals surface area contributed by atoms with E-state index >= 15 is 0 Å². The molecule has 0 saturated carbocycles.